The van der Waals surface area contributed by atoms with Crippen LogP contribution in [0.25, 0.3) is 5.69 Å². The summed E-state index contributed by atoms with van der Waals surface area (Å²) in [4.78, 5) is 12.6. The molecule has 0 atom stereocenters. The molecule has 7 nitrogen and oxygen atoms in total. The van der Waals surface area contributed by atoms with Crippen molar-refractivity contribution in [1.82, 2.24) is 29.9 Å². The van der Waals surface area contributed by atoms with Crippen LogP contribution in [0.4, 0.5) is 0 Å². The van der Waals surface area contributed by atoms with Crippen LogP contribution in [0.15, 0.2) is 41.3 Å². The van der Waals surface area contributed by atoms with E-state index in [9.17, 15) is 4.79 Å². The van der Waals surface area contributed by atoms with E-state index < -0.39 is 0 Å². The molecule has 0 fully saturated rings. The molecule has 136 valence electrons. The summed E-state index contributed by atoms with van der Waals surface area (Å²) in [5.74, 6) is 0.752. The van der Waals surface area contributed by atoms with E-state index in [0.717, 1.165) is 28.2 Å². The van der Waals surface area contributed by atoms with Gasteiger partial charge in [0.05, 0.1) is 23.1 Å². The van der Waals surface area contributed by atoms with Crippen molar-refractivity contribution in [1.29, 1.82) is 0 Å². The average Bonchev–Trinajstić information content (AvgIpc) is 3.28. The molecule has 8 heteroatoms. The highest BCUT2D eigenvalue weighted by Gasteiger charge is 2.17. The summed E-state index contributed by atoms with van der Waals surface area (Å²) in [7, 11) is 0. The van der Waals surface area contributed by atoms with Gasteiger partial charge >= 0.3 is 0 Å². The Kier molecular flexibility index (Phi) is 5.82. The van der Waals surface area contributed by atoms with Gasteiger partial charge < -0.3 is 9.88 Å². The lowest BCUT2D eigenvalue weighted by molar-refractivity contribution is 0.0953. The molecule has 0 saturated heterocycles. The molecule has 2 aromatic heterocycles. The molecule has 1 amide bonds. The summed E-state index contributed by atoms with van der Waals surface area (Å²) in [6.07, 6.45) is 4.68. The molecule has 0 spiro atoms. The number of aryl methyl sites for hydroxylation is 1. The van der Waals surface area contributed by atoms with Gasteiger partial charge in [0.25, 0.3) is 5.91 Å². The Morgan fingerprint density at radius 1 is 1.23 bits per heavy atom. The van der Waals surface area contributed by atoms with Crippen LogP contribution >= 0.6 is 15.9 Å². The molecule has 0 aliphatic rings. The van der Waals surface area contributed by atoms with E-state index in [0.29, 0.717) is 24.9 Å². The first-order valence-corrected chi connectivity index (χ1v) is 9.41. The first kappa shape index (κ1) is 18.3. The van der Waals surface area contributed by atoms with Crippen LogP contribution in [-0.2, 0) is 19.4 Å². The third-order valence-corrected chi connectivity index (χ3v) is 4.72. The van der Waals surface area contributed by atoms with Gasteiger partial charge in [0, 0.05) is 24.0 Å². The largest absolute Gasteiger partial charge is 0.351 e. The molecule has 0 aliphatic heterocycles. The minimum absolute atomic E-state index is 0.118. The monoisotopic (exact) mass is 416 g/mol. The van der Waals surface area contributed by atoms with Crippen LogP contribution in [0, 0.1) is 0 Å². The van der Waals surface area contributed by atoms with E-state index in [4.69, 9.17) is 0 Å². The van der Waals surface area contributed by atoms with Crippen LogP contribution in [0.5, 0.6) is 0 Å². The van der Waals surface area contributed by atoms with Crippen molar-refractivity contribution in [3.05, 3.63) is 58.3 Å². The van der Waals surface area contributed by atoms with Gasteiger partial charge in [-0.15, -0.1) is 10.2 Å². The lowest BCUT2D eigenvalue weighted by Crippen LogP contribution is -2.27. The second kappa shape index (κ2) is 8.27. The zero-order valence-corrected chi connectivity index (χ0v) is 16.4. The van der Waals surface area contributed by atoms with Crippen molar-refractivity contribution < 1.29 is 4.79 Å². The van der Waals surface area contributed by atoms with E-state index in [1.807, 2.05) is 47.4 Å². The van der Waals surface area contributed by atoms with Crippen LogP contribution in [-0.4, -0.2) is 37.0 Å². The highest BCUT2D eigenvalue weighted by atomic mass is 79.9. The van der Waals surface area contributed by atoms with Gasteiger partial charge in [-0.2, -0.15) is 5.10 Å². The molecular weight excluding hydrogens is 396 g/mol. The van der Waals surface area contributed by atoms with Crippen molar-refractivity contribution in [3.63, 3.8) is 0 Å². The molecule has 0 aliphatic carbocycles. The SMILES string of the molecule is CCc1c(C(=O)NCCc2nncn2CC)cnn1-c1ccc(Br)cc1. The number of benzene rings is 1. The summed E-state index contributed by atoms with van der Waals surface area (Å²) in [6.45, 7) is 5.38. The summed E-state index contributed by atoms with van der Waals surface area (Å²) >= 11 is 3.43. The number of nitrogens with zero attached hydrogens (tertiary/aromatic N) is 5. The normalized spacial score (nSPS) is 10.9. The lowest BCUT2D eigenvalue weighted by atomic mass is 10.2. The molecule has 0 saturated carbocycles. The van der Waals surface area contributed by atoms with Crippen LogP contribution in [0.3, 0.4) is 0 Å². The highest BCUT2D eigenvalue weighted by Crippen LogP contribution is 2.18. The quantitative estimate of drug-likeness (QED) is 0.642. The van der Waals surface area contributed by atoms with Gasteiger partial charge in [-0.05, 0) is 37.6 Å². The average molecular weight is 417 g/mol. The molecule has 3 rings (SSSR count). The molecule has 0 unspecified atom stereocenters. The summed E-state index contributed by atoms with van der Waals surface area (Å²) in [5.41, 5.74) is 2.43. The molecular formula is C18H21BrN6O. The zero-order valence-electron chi connectivity index (χ0n) is 14.8. The fourth-order valence-electron chi connectivity index (χ4n) is 2.83. The summed E-state index contributed by atoms with van der Waals surface area (Å²) < 4.78 is 4.79. The second-order valence-corrected chi connectivity index (χ2v) is 6.70. The van der Waals surface area contributed by atoms with Gasteiger partial charge in [0.2, 0.25) is 0 Å². The van der Waals surface area contributed by atoms with E-state index in [2.05, 4.69) is 36.5 Å². The fourth-order valence-corrected chi connectivity index (χ4v) is 3.09. The molecule has 1 N–H and O–H groups in total. The number of nitrogens with one attached hydrogen (secondary N) is 1. The first-order valence-electron chi connectivity index (χ1n) is 8.61. The zero-order chi connectivity index (χ0) is 18.5. The first-order chi connectivity index (χ1) is 12.6. The Bertz CT molecular complexity index is 883. The lowest BCUT2D eigenvalue weighted by Gasteiger charge is -2.09. The number of hydrogen-bond acceptors (Lipinski definition) is 4. The minimum Gasteiger partial charge on any atom is -0.351 e. The van der Waals surface area contributed by atoms with Crippen molar-refractivity contribution in [2.45, 2.75) is 33.2 Å². The highest BCUT2D eigenvalue weighted by molar-refractivity contribution is 9.10. The van der Waals surface area contributed by atoms with Crippen LogP contribution in [0.1, 0.15) is 35.7 Å². The van der Waals surface area contributed by atoms with E-state index in [-0.39, 0.29) is 5.91 Å². The maximum absolute atomic E-state index is 12.6. The van der Waals surface area contributed by atoms with Crippen LogP contribution < -0.4 is 5.32 Å². The van der Waals surface area contributed by atoms with E-state index in [1.54, 1.807) is 12.5 Å². The standard InChI is InChI=1S/C18H21BrN6O/c1-3-16-15(11-22-25(16)14-7-5-13(19)6-8-14)18(26)20-10-9-17-23-21-12-24(17)4-2/h5-8,11-12H,3-4,9-10H2,1-2H3,(H,20,26). The number of hydrogen-bond donors (Lipinski definition) is 1. The molecule has 0 radical (unpaired) electrons. The topological polar surface area (TPSA) is 77.6 Å². The van der Waals surface area contributed by atoms with Gasteiger partial charge in [-0.1, -0.05) is 22.9 Å². The fraction of sp³-hybridized carbons (Fsp3) is 0.333. The number of halogens is 1. The van der Waals surface area contributed by atoms with Gasteiger partial charge in [0.15, 0.2) is 0 Å². The van der Waals surface area contributed by atoms with Crippen molar-refractivity contribution in [2.75, 3.05) is 6.54 Å². The number of carbonyl (C=O) groups excluding carboxylic acids is 1. The Labute approximate surface area is 160 Å². The predicted molar refractivity (Wildman–Crippen MR) is 102 cm³/mol. The molecule has 1 aromatic carbocycles. The third-order valence-electron chi connectivity index (χ3n) is 4.19. The van der Waals surface area contributed by atoms with Crippen LogP contribution in [0.2, 0.25) is 0 Å². The van der Waals surface area contributed by atoms with E-state index in [1.165, 1.54) is 0 Å². The van der Waals surface area contributed by atoms with Crippen molar-refractivity contribution in [3.8, 4) is 5.69 Å². The minimum atomic E-state index is -0.118. The Balaban J connectivity index is 1.70. The Morgan fingerprint density at radius 3 is 2.69 bits per heavy atom. The predicted octanol–water partition coefficient (Wildman–Crippen LogP) is 2.78. The Morgan fingerprint density at radius 2 is 2.00 bits per heavy atom. The molecule has 26 heavy (non-hydrogen) atoms. The maximum Gasteiger partial charge on any atom is 0.254 e. The van der Waals surface area contributed by atoms with E-state index >= 15 is 0 Å². The van der Waals surface area contributed by atoms with Crippen molar-refractivity contribution in [2.24, 2.45) is 0 Å². The maximum atomic E-state index is 12.6. The smallest absolute Gasteiger partial charge is 0.254 e. The number of amides is 1. The van der Waals surface area contributed by atoms with Crippen molar-refractivity contribution >= 4 is 21.8 Å². The molecule has 2 heterocycles. The second-order valence-electron chi connectivity index (χ2n) is 5.79. The molecule has 3 aromatic rings. The number of carbonyl (C=O) groups is 1. The summed E-state index contributed by atoms with van der Waals surface area (Å²) in [6, 6.07) is 7.85. The van der Waals surface area contributed by atoms with Gasteiger partial charge in [-0.3, -0.25) is 4.79 Å². The Hall–Kier alpha value is -2.48. The molecule has 0 bridgehead atoms. The number of aromatic nitrogens is 5. The third kappa shape index (κ3) is 3.85. The summed E-state index contributed by atoms with van der Waals surface area (Å²) in [5, 5.41) is 15.3. The number of rotatable bonds is 7. The van der Waals surface area contributed by atoms with Gasteiger partial charge in [-0.25, -0.2) is 4.68 Å². The van der Waals surface area contributed by atoms with Gasteiger partial charge in [0.1, 0.15) is 12.2 Å².